The van der Waals surface area contributed by atoms with E-state index < -0.39 is 0 Å². The maximum atomic E-state index is 4.34. The largest absolute Gasteiger partial charge is 0.353 e. The quantitative estimate of drug-likeness (QED) is 0.388. The van der Waals surface area contributed by atoms with Gasteiger partial charge >= 0.3 is 0 Å². The first-order chi connectivity index (χ1) is 12.9. The molecule has 124 valence electrons. The van der Waals surface area contributed by atoms with Gasteiger partial charge in [0.05, 0.1) is 11.0 Å². The van der Waals surface area contributed by atoms with Crippen LogP contribution in [0.5, 0.6) is 0 Å². The Hall–Kier alpha value is -3.66. The van der Waals surface area contributed by atoms with Gasteiger partial charge in [-0.25, -0.2) is 4.98 Å². The summed E-state index contributed by atoms with van der Waals surface area (Å²) in [5, 5.41) is 3.63. The van der Waals surface area contributed by atoms with E-state index in [1.54, 1.807) is 6.20 Å². The molecular weight excluding hydrogens is 320 g/mol. The van der Waals surface area contributed by atoms with Gasteiger partial charge in [0.1, 0.15) is 5.65 Å². The number of aromatic amines is 2. The fourth-order valence-electron chi connectivity index (χ4n) is 3.34. The number of rotatable bonds is 0. The van der Waals surface area contributed by atoms with Crippen molar-refractivity contribution in [2.24, 2.45) is 0 Å². The molecule has 0 fully saturated rings. The van der Waals surface area contributed by atoms with Crippen molar-refractivity contribution in [3.63, 3.8) is 0 Å². The highest BCUT2D eigenvalue weighted by Crippen LogP contribution is 2.23. The zero-order chi connectivity index (χ0) is 17.3. The van der Waals surface area contributed by atoms with Crippen LogP contribution in [0.25, 0.3) is 43.9 Å². The molecule has 0 spiro atoms. The van der Waals surface area contributed by atoms with E-state index in [9.17, 15) is 0 Å². The Balaban J connectivity index is 0.000000115. The summed E-state index contributed by atoms with van der Waals surface area (Å²) in [5.41, 5.74) is 5.41. The minimum absolute atomic E-state index is 0.962. The van der Waals surface area contributed by atoms with Gasteiger partial charge in [-0.3, -0.25) is 4.98 Å². The first-order valence-corrected chi connectivity index (χ1v) is 8.53. The number of hydrogen-bond acceptors (Lipinski definition) is 2. The summed E-state index contributed by atoms with van der Waals surface area (Å²) in [5.74, 6) is 0. The maximum absolute atomic E-state index is 4.34. The fraction of sp³-hybridized carbons (Fsp3) is 0. The van der Waals surface area contributed by atoms with Crippen molar-refractivity contribution in [2.45, 2.75) is 0 Å². The van der Waals surface area contributed by atoms with Gasteiger partial charge in [-0.2, -0.15) is 0 Å². The first kappa shape index (κ1) is 14.7. The molecule has 0 aliphatic carbocycles. The van der Waals surface area contributed by atoms with Gasteiger partial charge < -0.3 is 9.97 Å². The Morgan fingerprint density at radius 2 is 1.12 bits per heavy atom. The summed E-state index contributed by atoms with van der Waals surface area (Å²) >= 11 is 0. The standard InChI is InChI=1S/2C11H8N2/c1-2-6-10-8(4-1)9-5-3-7-12-11(9)13-10;1-2-5-9-8(4-1)11-10(13-9)6-3-7-12-11/h1-7H,(H,12,13);1-7,13H. The van der Waals surface area contributed by atoms with Crippen molar-refractivity contribution in [3.8, 4) is 0 Å². The molecule has 0 saturated carbocycles. The van der Waals surface area contributed by atoms with Crippen molar-refractivity contribution in [1.29, 1.82) is 0 Å². The fourth-order valence-corrected chi connectivity index (χ4v) is 3.34. The smallest absolute Gasteiger partial charge is 0.138 e. The lowest BCUT2D eigenvalue weighted by Gasteiger charge is -1.87. The molecule has 0 unspecified atom stereocenters. The van der Waals surface area contributed by atoms with Crippen LogP contribution in [0.2, 0.25) is 0 Å². The highest BCUT2D eigenvalue weighted by atomic mass is 14.8. The van der Waals surface area contributed by atoms with Crippen LogP contribution in [0.3, 0.4) is 0 Å². The van der Waals surface area contributed by atoms with Gasteiger partial charge in [0.2, 0.25) is 0 Å². The normalized spacial score (nSPS) is 11.1. The molecule has 2 N–H and O–H groups in total. The number of hydrogen-bond donors (Lipinski definition) is 2. The molecule has 4 aromatic heterocycles. The molecule has 6 rings (SSSR count). The van der Waals surface area contributed by atoms with E-state index in [1.807, 2.05) is 48.7 Å². The third-order valence-corrected chi connectivity index (χ3v) is 4.54. The summed E-state index contributed by atoms with van der Waals surface area (Å²) in [7, 11) is 0. The molecule has 2 aromatic carbocycles. The Kier molecular flexibility index (Phi) is 3.39. The lowest BCUT2D eigenvalue weighted by Crippen LogP contribution is -1.71. The van der Waals surface area contributed by atoms with Crippen molar-refractivity contribution in [2.75, 3.05) is 0 Å². The monoisotopic (exact) mass is 336 g/mol. The number of aromatic nitrogens is 4. The Morgan fingerprint density at radius 1 is 0.500 bits per heavy atom. The molecule has 0 atom stereocenters. The Bertz CT molecular complexity index is 1140. The third kappa shape index (κ3) is 2.40. The Morgan fingerprint density at radius 3 is 2.00 bits per heavy atom. The molecule has 4 nitrogen and oxygen atoms in total. The molecule has 0 aliphatic rings. The topological polar surface area (TPSA) is 57.4 Å². The lowest BCUT2D eigenvalue weighted by atomic mass is 10.2. The molecule has 0 amide bonds. The molecule has 4 heterocycles. The van der Waals surface area contributed by atoms with Crippen molar-refractivity contribution < 1.29 is 0 Å². The second-order valence-corrected chi connectivity index (χ2v) is 6.14. The van der Waals surface area contributed by atoms with E-state index in [1.165, 1.54) is 16.2 Å². The van der Waals surface area contributed by atoms with Crippen molar-refractivity contribution in [1.82, 2.24) is 19.9 Å². The van der Waals surface area contributed by atoms with E-state index >= 15 is 0 Å². The average Bonchev–Trinajstić information content (AvgIpc) is 3.27. The van der Waals surface area contributed by atoms with Gasteiger partial charge in [-0.1, -0.05) is 36.4 Å². The summed E-state index contributed by atoms with van der Waals surface area (Å²) in [6.07, 6.45) is 3.63. The van der Waals surface area contributed by atoms with Crippen molar-refractivity contribution >= 4 is 43.9 Å². The lowest BCUT2D eigenvalue weighted by molar-refractivity contribution is 1.35. The second-order valence-electron chi connectivity index (χ2n) is 6.14. The third-order valence-electron chi connectivity index (χ3n) is 4.54. The minimum atomic E-state index is 0.962. The average molecular weight is 336 g/mol. The summed E-state index contributed by atoms with van der Waals surface area (Å²) < 4.78 is 0. The van der Waals surface area contributed by atoms with E-state index in [4.69, 9.17) is 0 Å². The number of pyridine rings is 2. The van der Waals surface area contributed by atoms with Crippen LogP contribution in [0.15, 0.2) is 85.2 Å². The molecule has 0 saturated heterocycles. The zero-order valence-electron chi connectivity index (χ0n) is 14.0. The highest BCUT2D eigenvalue weighted by molar-refractivity contribution is 6.05. The molecule has 0 radical (unpaired) electrons. The number of nitrogens with one attached hydrogen (secondary N) is 2. The van der Waals surface area contributed by atoms with Crippen LogP contribution in [-0.2, 0) is 0 Å². The number of H-pyrrole nitrogens is 2. The number of nitrogens with zero attached hydrogens (tertiary/aromatic N) is 2. The minimum Gasteiger partial charge on any atom is -0.353 e. The van der Waals surface area contributed by atoms with E-state index in [-0.39, 0.29) is 0 Å². The van der Waals surface area contributed by atoms with Gasteiger partial charge in [0, 0.05) is 39.6 Å². The van der Waals surface area contributed by atoms with Gasteiger partial charge in [0.15, 0.2) is 0 Å². The predicted molar refractivity (Wildman–Crippen MR) is 107 cm³/mol. The molecule has 26 heavy (non-hydrogen) atoms. The molecule has 0 bridgehead atoms. The number of fused-ring (bicyclic) bond motifs is 6. The van der Waals surface area contributed by atoms with E-state index in [0.29, 0.717) is 0 Å². The Labute approximate surface area is 149 Å². The predicted octanol–water partition coefficient (Wildman–Crippen LogP) is 5.43. The van der Waals surface area contributed by atoms with Crippen LogP contribution in [0.4, 0.5) is 0 Å². The molecular formula is C22H16N4. The van der Waals surface area contributed by atoms with Crippen LogP contribution >= 0.6 is 0 Å². The summed E-state index contributed by atoms with van der Waals surface area (Å²) in [6, 6.07) is 24.5. The first-order valence-electron chi connectivity index (χ1n) is 8.53. The van der Waals surface area contributed by atoms with Gasteiger partial charge in [0.25, 0.3) is 0 Å². The van der Waals surface area contributed by atoms with E-state index in [2.05, 4.69) is 50.3 Å². The van der Waals surface area contributed by atoms with Gasteiger partial charge in [-0.15, -0.1) is 0 Å². The molecule has 0 aliphatic heterocycles. The number of para-hydroxylation sites is 2. The van der Waals surface area contributed by atoms with Crippen molar-refractivity contribution in [3.05, 3.63) is 85.2 Å². The number of benzene rings is 2. The van der Waals surface area contributed by atoms with Crippen LogP contribution in [0, 0.1) is 0 Å². The molecule has 4 heteroatoms. The SMILES string of the molecule is c1ccc2c(c1)[nH]c1cccnc12.c1ccc2c(c1)[nH]c1ncccc12. The van der Waals surface area contributed by atoms with E-state index in [0.717, 1.165) is 27.7 Å². The zero-order valence-corrected chi connectivity index (χ0v) is 14.0. The molecule has 6 aromatic rings. The van der Waals surface area contributed by atoms with Crippen LogP contribution in [-0.4, -0.2) is 19.9 Å². The maximum Gasteiger partial charge on any atom is 0.138 e. The van der Waals surface area contributed by atoms with Crippen LogP contribution in [0.1, 0.15) is 0 Å². The second kappa shape index (κ2) is 6.01. The highest BCUT2D eigenvalue weighted by Gasteiger charge is 2.02. The van der Waals surface area contributed by atoms with Crippen LogP contribution < -0.4 is 0 Å². The van der Waals surface area contributed by atoms with Gasteiger partial charge in [-0.05, 0) is 36.4 Å². The summed E-state index contributed by atoms with van der Waals surface area (Å²) in [4.78, 5) is 15.2. The summed E-state index contributed by atoms with van der Waals surface area (Å²) in [6.45, 7) is 0.